The molecule has 0 saturated heterocycles. The molecule has 0 aromatic heterocycles. The Hall–Kier alpha value is -0.880. The maximum absolute atomic E-state index is 12.7. The predicted octanol–water partition coefficient (Wildman–Crippen LogP) is 3.19. The molecule has 1 rings (SSSR count). The van der Waals surface area contributed by atoms with Crippen LogP contribution in [0.25, 0.3) is 0 Å². The van der Waals surface area contributed by atoms with Gasteiger partial charge in [-0.15, -0.1) is 11.8 Å². The van der Waals surface area contributed by atoms with E-state index in [4.69, 9.17) is 4.74 Å². The van der Waals surface area contributed by atoms with E-state index in [2.05, 4.69) is 0 Å². The number of methoxy groups -OCH3 is 1. The molecule has 2 nitrogen and oxygen atoms in total. The van der Waals surface area contributed by atoms with Gasteiger partial charge in [-0.25, -0.2) is 0 Å². The first-order valence-electron chi connectivity index (χ1n) is 4.75. The largest absolute Gasteiger partial charge is 0.497 e. The molecule has 0 fully saturated rings. The van der Waals surface area contributed by atoms with Crippen LogP contribution in [-0.4, -0.2) is 24.6 Å². The lowest BCUT2D eigenvalue weighted by molar-refractivity contribution is -0.259. The van der Waals surface area contributed by atoms with Gasteiger partial charge in [-0.3, -0.25) is 0 Å². The van der Waals surface area contributed by atoms with Gasteiger partial charge in [0.25, 0.3) is 0 Å². The summed E-state index contributed by atoms with van der Waals surface area (Å²) >= 11 is 1.13. The van der Waals surface area contributed by atoms with Crippen LogP contribution in [-0.2, 0) is 5.60 Å². The van der Waals surface area contributed by atoms with Crippen LogP contribution in [0.2, 0.25) is 0 Å². The Labute approximate surface area is 102 Å². The van der Waals surface area contributed by atoms with E-state index in [1.54, 1.807) is 6.26 Å². The van der Waals surface area contributed by atoms with E-state index in [0.29, 0.717) is 10.6 Å². The van der Waals surface area contributed by atoms with Crippen molar-refractivity contribution in [1.29, 1.82) is 0 Å². The van der Waals surface area contributed by atoms with E-state index in [1.807, 2.05) is 0 Å². The van der Waals surface area contributed by atoms with Crippen LogP contribution in [0.3, 0.4) is 0 Å². The lowest BCUT2D eigenvalue weighted by Gasteiger charge is -2.28. The molecule has 96 valence electrons. The minimum absolute atomic E-state index is 0.168. The Morgan fingerprint density at radius 3 is 2.29 bits per heavy atom. The van der Waals surface area contributed by atoms with Crippen LogP contribution in [0.15, 0.2) is 23.1 Å². The highest BCUT2D eigenvalue weighted by Crippen LogP contribution is 2.42. The van der Waals surface area contributed by atoms with E-state index >= 15 is 0 Å². The second-order valence-corrected chi connectivity index (χ2v) is 4.48. The van der Waals surface area contributed by atoms with Gasteiger partial charge in [0.1, 0.15) is 5.75 Å². The Morgan fingerprint density at radius 1 is 1.29 bits per heavy atom. The SMILES string of the molecule is COc1ccc(C(C)(O)C(F)(F)F)c(SC)c1. The second-order valence-electron chi connectivity index (χ2n) is 3.64. The molecule has 1 unspecified atom stereocenters. The van der Waals surface area contributed by atoms with Crippen molar-refractivity contribution in [1.82, 2.24) is 0 Å². The summed E-state index contributed by atoms with van der Waals surface area (Å²) in [5.74, 6) is 0.455. The number of benzene rings is 1. The van der Waals surface area contributed by atoms with Gasteiger partial charge in [0.05, 0.1) is 7.11 Å². The van der Waals surface area contributed by atoms with Crippen molar-refractivity contribution >= 4 is 11.8 Å². The van der Waals surface area contributed by atoms with Gasteiger partial charge in [-0.05, 0) is 25.3 Å². The number of halogens is 3. The van der Waals surface area contributed by atoms with Crippen LogP contribution >= 0.6 is 11.8 Å². The lowest BCUT2D eigenvalue weighted by atomic mass is 9.95. The Balaban J connectivity index is 3.31. The molecule has 0 saturated carbocycles. The molecule has 0 amide bonds. The van der Waals surface area contributed by atoms with E-state index in [1.165, 1.54) is 25.3 Å². The zero-order chi connectivity index (χ0) is 13.3. The number of hydrogen-bond donors (Lipinski definition) is 1. The molecular weight excluding hydrogens is 253 g/mol. The number of hydrogen-bond acceptors (Lipinski definition) is 3. The predicted molar refractivity (Wildman–Crippen MR) is 60.4 cm³/mol. The van der Waals surface area contributed by atoms with E-state index in [9.17, 15) is 18.3 Å². The minimum atomic E-state index is -4.72. The van der Waals surface area contributed by atoms with Gasteiger partial charge >= 0.3 is 6.18 Å². The molecule has 0 spiro atoms. The summed E-state index contributed by atoms with van der Waals surface area (Å²) in [6, 6.07) is 4.10. The molecular formula is C11H13F3O2S. The summed E-state index contributed by atoms with van der Waals surface area (Å²) in [6.45, 7) is 0.745. The molecule has 17 heavy (non-hydrogen) atoms. The zero-order valence-electron chi connectivity index (χ0n) is 9.63. The van der Waals surface area contributed by atoms with Crippen molar-refractivity contribution in [3.8, 4) is 5.75 Å². The normalized spacial score (nSPS) is 15.5. The standard InChI is InChI=1S/C11H13F3O2S/c1-10(15,11(12,13)14)8-5-4-7(16-2)6-9(8)17-3/h4-6,15H,1-3H3. The summed E-state index contributed by atoms with van der Waals surface area (Å²) in [7, 11) is 1.43. The lowest BCUT2D eigenvalue weighted by Crippen LogP contribution is -2.39. The van der Waals surface area contributed by atoms with Crippen LogP contribution < -0.4 is 4.74 Å². The summed E-state index contributed by atoms with van der Waals surface area (Å²) in [5, 5.41) is 9.62. The smallest absolute Gasteiger partial charge is 0.421 e. The molecule has 0 aliphatic heterocycles. The van der Waals surface area contributed by atoms with Crippen molar-refractivity contribution in [2.75, 3.05) is 13.4 Å². The number of aliphatic hydroxyl groups is 1. The van der Waals surface area contributed by atoms with Crippen molar-refractivity contribution in [3.05, 3.63) is 23.8 Å². The van der Waals surface area contributed by atoms with Gasteiger partial charge < -0.3 is 9.84 Å². The van der Waals surface area contributed by atoms with Crippen molar-refractivity contribution in [2.45, 2.75) is 23.6 Å². The van der Waals surface area contributed by atoms with E-state index < -0.39 is 11.8 Å². The topological polar surface area (TPSA) is 29.5 Å². The highest BCUT2D eigenvalue weighted by Gasteiger charge is 2.52. The molecule has 0 aliphatic carbocycles. The van der Waals surface area contributed by atoms with Crippen LogP contribution in [0, 0.1) is 0 Å². The zero-order valence-corrected chi connectivity index (χ0v) is 10.4. The minimum Gasteiger partial charge on any atom is -0.497 e. The number of rotatable bonds is 3. The van der Waals surface area contributed by atoms with Crippen molar-refractivity contribution < 1.29 is 23.0 Å². The Kier molecular flexibility index (Phi) is 3.99. The summed E-state index contributed by atoms with van der Waals surface area (Å²) in [5.41, 5.74) is -3.03. The molecule has 0 aliphatic rings. The molecule has 0 bridgehead atoms. The number of ether oxygens (including phenoxy) is 1. The first-order chi connectivity index (χ1) is 7.74. The van der Waals surface area contributed by atoms with Crippen LogP contribution in [0.1, 0.15) is 12.5 Å². The monoisotopic (exact) mass is 266 g/mol. The molecule has 1 aromatic carbocycles. The third kappa shape index (κ3) is 2.69. The Morgan fingerprint density at radius 2 is 1.88 bits per heavy atom. The van der Waals surface area contributed by atoms with Crippen LogP contribution in [0.4, 0.5) is 13.2 Å². The molecule has 1 atom stereocenters. The van der Waals surface area contributed by atoms with Crippen molar-refractivity contribution in [3.63, 3.8) is 0 Å². The second kappa shape index (κ2) is 4.78. The molecule has 1 N–H and O–H groups in total. The maximum Gasteiger partial charge on any atom is 0.421 e. The molecule has 0 heterocycles. The fourth-order valence-corrected chi connectivity index (χ4v) is 2.07. The fraction of sp³-hybridized carbons (Fsp3) is 0.455. The van der Waals surface area contributed by atoms with Gasteiger partial charge in [0.2, 0.25) is 0 Å². The van der Waals surface area contributed by atoms with Gasteiger partial charge in [0, 0.05) is 10.5 Å². The number of alkyl halides is 3. The van der Waals surface area contributed by atoms with Gasteiger partial charge in [-0.1, -0.05) is 6.07 Å². The third-order valence-corrected chi connectivity index (χ3v) is 3.26. The number of thioether (sulfide) groups is 1. The van der Waals surface area contributed by atoms with Gasteiger partial charge in [0.15, 0.2) is 5.60 Å². The first-order valence-corrected chi connectivity index (χ1v) is 5.98. The highest BCUT2D eigenvalue weighted by molar-refractivity contribution is 7.98. The fourth-order valence-electron chi connectivity index (χ4n) is 1.35. The molecule has 6 heteroatoms. The summed E-state index contributed by atoms with van der Waals surface area (Å²) in [6.07, 6.45) is -3.07. The van der Waals surface area contributed by atoms with Crippen LogP contribution in [0.5, 0.6) is 5.75 Å². The van der Waals surface area contributed by atoms with E-state index in [-0.39, 0.29) is 5.56 Å². The Bertz CT molecular complexity index is 402. The van der Waals surface area contributed by atoms with E-state index in [0.717, 1.165) is 18.7 Å². The van der Waals surface area contributed by atoms with Crippen molar-refractivity contribution in [2.24, 2.45) is 0 Å². The average molecular weight is 266 g/mol. The quantitative estimate of drug-likeness (QED) is 0.852. The first kappa shape index (κ1) is 14.2. The van der Waals surface area contributed by atoms with Gasteiger partial charge in [-0.2, -0.15) is 13.2 Å². The highest BCUT2D eigenvalue weighted by atomic mass is 32.2. The summed E-state index contributed by atoms with van der Waals surface area (Å²) in [4.78, 5) is 0.340. The average Bonchev–Trinajstić information content (AvgIpc) is 2.26. The summed E-state index contributed by atoms with van der Waals surface area (Å²) < 4.78 is 43.1. The molecule has 1 aromatic rings. The maximum atomic E-state index is 12.7. The third-order valence-electron chi connectivity index (χ3n) is 2.49. The molecule has 0 radical (unpaired) electrons.